The second-order valence-electron chi connectivity index (χ2n) is 7.64. The Hall–Kier alpha value is -1.71. The second-order valence-corrected chi connectivity index (χ2v) is 11.0. The maximum absolute atomic E-state index is 11.8. The van der Waals surface area contributed by atoms with Gasteiger partial charge < -0.3 is 4.74 Å². The maximum atomic E-state index is 11.8. The number of hydrogen-bond donors (Lipinski definition) is 0. The molecule has 2 atom stereocenters. The van der Waals surface area contributed by atoms with Gasteiger partial charge >= 0.3 is 0 Å². The third-order valence-corrected chi connectivity index (χ3v) is 8.02. The Balaban J connectivity index is 1.23. The van der Waals surface area contributed by atoms with Crippen molar-refractivity contribution in [3.8, 4) is 10.9 Å². The van der Waals surface area contributed by atoms with Gasteiger partial charge in [-0.25, -0.2) is 13.4 Å². The standard InChI is InChI=1S/C20H20ClN3O3S2/c1-29(25,26)24-12-15-9-16(24)11-23(15)10-13-2-5-17(6-3-13)27-20-22-18-8-14(21)4-7-19(18)28-20/h2-8,15-16H,9-12H2,1H3/t15-,16-/m0/s1. The number of fused-ring (bicyclic) bond motifs is 3. The van der Waals surface area contributed by atoms with E-state index >= 15 is 0 Å². The first-order chi connectivity index (χ1) is 13.8. The number of aromatic nitrogens is 1. The van der Waals surface area contributed by atoms with Crippen molar-refractivity contribution >= 4 is 43.2 Å². The van der Waals surface area contributed by atoms with Crippen molar-refractivity contribution in [3.05, 3.63) is 53.1 Å². The molecule has 0 spiro atoms. The van der Waals surface area contributed by atoms with Gasteiger partial charge in [-0.3, -0.25) is 4.90 Å². The zero-order valence-electron chi connectivity index (χ0n) is 15.8. The molecule has 0 N–H and O–H groups in total. The lowest BCUT2D eigenvalue weighted by Gasteiger charge is -2.32. The molecule has 29 heavy (non-hydrogen) atoms. The van der Waals surface area contributed by atoms with Gasteiger partial charge in [0.05, 0.1) is 16.5 Å². The van der Waals surface area contributed by atoms with Gasteiger partial charge in [0.15, 0.2) is 0 Å². The summed E-state index contributed by atoms with van der Waals surface area (Å²) in [4.78, 5) is 6.85. The summed E-state index contributed by atoms with van der Waals surface area (Å²) in [5.41, 5.74) is 2.02. The van der Waals surface area contributed by atoms with Crippen LogP contribution < -0.4 is 4.74 Å². The van der Waals surface area contributed by atoms with Gasteiger partial charge in [0, 0.05) is 36.7 Å². The number of sulfonamides is 1. The number of thiazole rings is 1. The maximum Gasteiger partial charge on any atom is 0.279 e. The van der Waals surface area contributed by atoms with E-state index in [0.29, 0.717) is 22.8 Å². The predicted octanol–water partition coefficient (Wildman–Crippen LogP) is 3.96. The van der Waals surface area contributed by atoms with Crippen LogP contribution in [0.5, 0.6) is 10.9 Å². The third-order valence-electron chi connectivity index (χ3n) is 5.57. The van der Waals surface area contributed by atoms with Crippen molar-refractivity contribution in [1.82, 2.24) is 14.2 Å². The van der Waals surface area contributed by atoms with E-state index in [0.717, 1.165) is 35.5 Å². The topological polar surface area (TPSA) is 62.7 Å². The van der Waals surface area contributed by atoms with Crippen molar-refractivity contribution in [2.75, 3.05) is 19.3 Å². The molecule has 9 heteroatoms. The van der Waals surface area contributed by atoms with Crippen LogP contribution in [0.1, 0.15) is 12.0 Å². The number of nitrogens with zero attached hydrogens (tertiary/aromatic N) is 3. The molecule has 0 radical (unpaired) electrons. The van der Waals surface area contributed by atoms with Gasteiger partial charge in [0.25, 0.3) is 5.19 Å². The van der Waals surface area contributed by atoms with Crippen LogP contribution in [-0.4, -0.2) is 54.0 Å². The summed E-state index contributed by atoms with van der Waals surface area (Å²) >= 11 is 7.50. The molecular formula is C20H20ClN3O3S2. The second kappa shape index (κ2) is 7.21. The molecule has 3 aromatic rings. The molecule has 152 valence electrons. The van der Waals surface area contributed by atoms with Crippen LogP contribution >= 0.6 is 22.9 Å². The minimum Gasteiger partial charge on any atom is -0.431 e. The third kappa shape index (κ3) is 3.87. The van der Waals surface area contributed by atoms with Crippen molar-refractivity contribution in [3.63, 3.8) is 0 Å². The molecule has 6 nitrogen and oxygen atoms in total. The largest absolute Gasteiger partial charge is 0.431 e. The van der Waals surface area contributed by atoms with Crippen LogP contribution in [0.25, 0.3) is 10.2 Å². The lowest BCUT2D eigenvalue weighted by atomic mass is 10.2. The SMILES string of the molecule is CS(=O)(=O)N1C[C@@H]2C[C@H]1CN2Cc1ccc(Oc2nc3cc(Cl)ccc3s2)cc1. The number of likely N-dealkylation sites (tertiary alicyclic amines) is 1. The Bertz CT molecular complexity index is 1160. The summed E-state index contributed by atoms with van der Waals surface area (Å²) in [6.45, 7) is 2.22. The lowest BCUT2D eigenvalue weighted by Crippen LogP contribution is -2.47. The summed E-state index contributed by atoms with van der Waals surface area (Å²) in [5.74, 6) is 0.741. The van der Waals surface area contributed by atoms with E-state index in [4.69, 9.17) is 16.3 Å². The molecule has 2 aromatic carbocycles. The fraction of sp³-hybridized carbons (Fsp3) is 0.350. The summed E-state index contributed by atoms with van der Waals surface area (Å²) in [6.07, 6.45) is 2.23. The van der Waals surface area contributed by atoms with Crippen molar-refractivity contribution < 1.29 is 13.2 Å². The molecule has 2 aliphatic rings. The minimum absolute atomic E-state index is 0.116. The Kier molecular flexibility index (Phi) is 4.79. The highest BCUT2D eigenvalue weighted by Gasteiger charge is 2.46. The van der Waals surface area contributed by atoms with Crippen LogP contribution in [0, 0.1) is 0 Å². The molecule has 0 aliphatic carbocycles. The first kappa shape index (κ1) is 19.3. The van der Waals surface area contributed by atoms with Crippen LogP contribution in [0.15, 0.2) is 42.5 Å². The molecule has 3 heterocycles. The van der Waals surface area contributed by atoms with Crippen molar-refractivity contribution in [2.24, 2.45) is 0 Å². The molecule has 2 bridgehead atoms. The predicted molar refractivity (Wildman–Crippen MR) is 115 cm³/mol. The Morgan fingerprint density at radius 3 is 2.66 bits per heavy atom. The minimum atomic E-state index is -3.10. The molecule has 1 aromatic heterocycles. The lowest BCUT2D eigenvalue weighted by molar-refractivity contribution is 0.175. The molecule has 5 rings (SSSR count). The van der Waals surface area contributed by atoms with Crippen LogP contribution in [0.4, 0.5) is 0 Å². The van der Waals surface area contributed by atoms with E-state index in [9.17, 15) is 8.42 Å². The van der Waals surface area contributed by atoms with Crippen LogP contribution in [0.2, 0.25) is 5.02 Å². The summed E-state index contributed by atoms with van der Waals surface area (Å²) in [6, 6.07) is 14.1. The van der Waals surface area contributed by atoms with Gasteiger partial charge in [-0.05, 0) is 42.3 Å². The molecule has 0 amide bonds. The highest BCUT2D eigenvalue weighted by Crippen LogP contribution is 2.35. The van der Waals surface area contributed by atoms with E-state index in [1.807, 2.05) is 30.3 Å². The van der Waals surface area contributed by atoms with Crippen molar-refractivity contribution in [2.45, 2.75) is 25.0 Å². The van der Waals surface area contributed by atoms with Gasteiger partial charge in [-0.1, -0.05) is 35.1 Å². The van der Waals surface area contributed by atoms with Gasteiger partial charge in [0.2, 0.25) is 10.0 Å². The smallest absolute Gasteiger partial charge is 0.279 e. The van der Waals surface area contributed by atoms with Gasteiger partial charge in [-0.2, -0.15) is 4.31 Å². The molecule has 2 fully saturated rings. The van der Waals surface area contributed by atoms with Gasteiger partial charge in [-0.15, -0.1) is 0 Å². The summed E-state index contributed by atoms with van der Waals surface area (Å²) < 4.78 is 32.3. The summed E-state index contributed by atoms with van der Waals surface area (Å²) in [7, 11) is -3.10. The van der Waals surface area contributed by atoms with Crippen molar-refractivity contribution in [1.29, 1.82) is 0 Å². The first-order valence-electron chi connectivity index (χ1n) is 9.39. The number of ether oxygens (including phenoxy) is 1. The van der Waals surface area contributed by atoms with Crippen LogP contribution in [0.3, 0.4) is 0 Å². The zero-order chi connectivity index (χ0) is 20.2. The van der Waals surface area contributed by atoms with E-state index in [1.54, 1.807) is 4.31 Å². The molecule has 2 saturated heterocycles. The normalized spacial score (nSPS) is 22.6. The number of hydrogen-bond acceptors (Lipinski definition) is 6. The van der Waals surface area contributed by atoms with E-state index in [1.165, 1.54) is 23.2 Å². The summed E-state index contributed by atoms with van der Waals surface area (Å²) in [5, 5.41) is 1.25. The highest BCUT2D eigenvalue weighted by molar-refractivity contribution is 7.88. The number of piperazine rings is 1. The average Bonchev–Trinajstić information content (AvgIpc) is 3.36. The van der Waals surface area contributed by atoms with Crippen LogP contribution in [-0.2, 0) is 16.6 Å². The monoisotopic (exact) mass is 449 g/mol. The number of benzene rings is 2. The van der Waals surface area contributed by atoms with E-state index in [2.05, 4.69) is 22.0 Å². The van der Waals surface area contributed by atoms with Gasteiger partial charge in [0.1, 0.15) is 5.75 Å². The molecule has 0 saturated carbocycles. The zero-order valence-corrected chi connectivity index (χ0v) is 18.2. The Morgan fingerprint density at radius 1 is 1.17 bits per heavy atom. The average molecular weight is 450 g/mol. The van der Waals surface area contributed by atoms with E-state index in [-0.39, 0.29) is 6.04 Å². The molecule has 2 aliphatic heterocycles. The number of rotatable bonds is 5. The fourth-order valence-corrected chi connectivity index (χ4v) is 6.35. The fourth-order valence-electron chi connectivity index (χ4n) is 4.23. The quantitative estimate of drug-likeness (QED) is 0.590. The Labute approximate surface area is 178 Å². The van der Waals surface area contributed by atoms with E-state index < -0.39 is 10.0 Å². The number of halogens is 1. The Morgan fingerprint density at radius 2 is 1.97 bits per heavy atom. The molecular weight excluding hydrogens is 430 g/mol. The molecule has 0 unspecified atom stereocenters. The first-order valence-corrected chi connectivity index (χ1v) is 12.4. The highest BCUT2D eigenvalue weighted by atomic mass is 35.5.